The number of hydrogen-bond acceptors (Lipinski definition) is 6. The molecule has 5 atom stereocenters. The second-order valence-electron chi connectivity index (χ2n) is 5.66. The Bertz CT molecular complexity index is 467. The molecule has 1 aliphatic rings. The van der Waals surface area contributed by atoms with Crippen molar-refractivity contribution in [2.24, 2.45) is 0 Å². The predicted octanol–water partition coefficient (Wildman–Crippen LogP) is 1.82. The first-order valence-corrected chi connectivity index (χ1v) is 7.70. The standard InChI is InChI=1S/C17H27NO5/c1-11-6-8-12(9-7-11)18-17-16(22-5)15(21-4)14(20-3)13(23-17)10-19-2/h6-9,13-18H,10H2,1-5H3/t13-,14-,15+,16-,17+/m1/s1. The molecule has 1 heterocycles. The predicted molar refractivity (Wildman–Crippen MR) is 87.7 cm³/mol. The minimum absolute atomic E-state index is 0.246. The van der Waals surface area contributed by atoms with E-state index in [-0.39, 0.29) is 30.6 Å². The van der Waals surface area contributed by atoms with Crippen molar-refractivity contribution in [3.8, 4) is 0 Å². The van der Waals surface area contributed by atoms with Gasteiger partial charge in [0.25, 0.3) is 0 Å². The van der Waals surface area contributed by atoms with Crippen LogP contribution >= 0.6 is 0 Å². The van der Waals surface area contributed by atoms with Crippen LogP contribution in [0.2, 0.25) is 0 Å². The summed E-state index contributed by atoms with van der Waals surface area (Å²) in [5.41, 5.74) is 2.17. The van der Waals surface area contributed by atoms with Crippen molar-refractivity contribution < 1.29 is 23.7 Å². The third-order valence-corrected chi connectivity index (χ3v) is 4.14. The Labute approximate surface area is 138 Å². The van der Waals surface area contributed by atoms with Crippen LogP contribution in [-0.4, -0.2) is 65.7 Å². The summed E-state index contributed by atoms with van der Waals surface area (Å²) in [4.78, 5) is 0. The lowest BCUT2D eigenvalue weighted by Gasteiger charge is -2.45. The summed E-state index contributed by atoms with van der Waals surface area (Å²) in [5.74, 6) is 0. The molecule has 0 bridgehead atoms. The fourth-order valence-electron chi connectivity index (χ4n) is 2.95. The number of ether oxygens (including phenoxy) is 5. The van der Waals surface area contributed by atoms with Gasteiger partial charge in [0.05, 0.1) is 6.61 Å². The maximum Gasteiger partial charge on any atom is 0.157 e. The molecule has 1 aromatic rings. The molecule has 6 heteroatoms. The Morgan fingerprint density at radius 2 is 1.52 bits per heavy atom. The van der Waals surface area contributed by atoms with E-state index in [2.05, 4.69) is 12.2 Å². The van der Waals surface area contributed by atoms with Crippen LogP contribution in [-0.2, 0) is 23.7 Å². The Morgan fingerprint density at radius 3 is 2.04 bits per heavy atom. The van der Waals surface area contributed by atoms with Gasteiger partial charge in [-0.05, 0) is 19.1 Å². The Morgan fingerprint density at radius 1 is 0.913 bits per heavy atom. The van der Waals surface area contributed by atoms with Gasteiger partial charge in [0.15, 0.2) is 6.23 Å². The minimum atomic E-state index is -0.362. The van der Waals surface area contributed by atoms with E-state index >= 15 is 0 Å². The molecule has 1 aromatic carbocycles. The zero-order valence-corrected chi connectivity index (χ0v) is 14.4. The molecule has 0 spiro atoms. The van der Waals surface area contributed by atoms with E-state index in [4.69, 9.17) is 23.7 Å². The monoisotopic (exact) mass is 325 g/mol. The molecular weight excluding hydrogens is 298 g/mol. The van der Waals surface area contributed by atoms with Crippen LogP contribution in [0.15, 0.2) is 24.3 Å². The highest BCUT2D eigenvalue weighted by atomic mass is 16.6. The van der Waals surface area contributed by atoms with Crippen molar-refractivity contribution in [3.05, 3.63) is 29.8 Å². The van der Waals surface area contributed by atoms with Crippen LogP contribution in [0.5, 0.6) is 0 Å². The number of nitrogens with one attached hydrogen (secondary N) is 1. The average molecular weight is 325 g/mol. The molecule has 2 rings (SSSR count). The Balaban J connectivity index is 2.19. The lowest BCUT2D eigenvalue weighted by atomic mass is 9.97. The molecule has 0 aromatic heterocycles. The van der Waals surface area contributed by atoms with Gasteiger partial charge in [-0.25, -0.2) is 0 Å². The van der Waals surface area contributed by atoms with Crippen molar-refractivity contribution in [2.75, 3.05) is 40.4 Å². The van der Waals surface area contributed by atoms with Crippen LogP contribution < -0.4 is 5.32 Å². The molecule has 0 saturated carbocycles. The van der Waals surface area contributed by atoms with Crippen molar-refractivity contribution >= 4 is 5.69 Å². The lowest BCUT2D eigenvalue weighted by molar-refractivity contribution is -0.243. The quantitative estimate of drug-likeness (QED) is 0.825. The molecule has 1 fully saturated rings. The largest absolute Gasteiger partial charge is 0.382 e. The summed E-state index contributed by atoms with van der Waals surface area (Å²) in [5, 5.41) is 3.37. The Hall–Kier alpha value is -1.18. The minimum Gasteiger partial charge on any atom is -0.382 e. The van der Waals surface area contributed by atoms with Crippen LogP contribution in [0.3, 0.4) is 0 Å². The van der Waals surface area contributed by atoms with Gasteiger partial charge in [-0.3, -0.25) is 0 Å². The summed E-state index contributed by atoms with van der Waals surface area (Å²) < 4.78 is 28.2. The zero-order valence-electron chi connectivity index (χ0n) is 14.4. The highest BCUT2D eigenvalue weighted by Gasteiger charge is 2.47. The number of rotatable bonds is 7. The summed E-state index contributed by atoms with van der Waals surface area (Å²) in [6.07, 6.45) is -1.44. The van der Waals surface area contributed by atoms with E-state index in [0.717, 1.165) is 5.69 Å². The SMILES string of the molecule is COC[C@H]1O[C@H](Nc2ccc(C)cc2)[C@H](OC)[C@@H](OC)[C@@H]1OC. The smallest absolute Gasteiger partial charge is 0.157 e. The molecule has 1 N–H and O–H groups in total. The molecule has 0 aliphatic carbocycles. The van der Waals surface area contributed by atoms with E-state index in [1.54, 1.807) is 28.4 Å². The first-order chi connectivity index (χ1) is 11.1. The van der Waals surface area contributed by atoms with Gasteiger partial charge in [-0.15, -0.1) is 0 Å². The fourth-order valence-corrected chi connectivity index (χ4v) is 2.95. The topological polar surface area (TPSA) is 58.2 Å². The zero-order chi connectivity index (χ0) is 16.8. The van der Waals surface area contributed by atoms with E-state index < -0.39 is 0 Å². The highest BCUT2D eigenvalue weighted by molar-refractivity contribution is 5.45. The third kappa shape index (κ3) is 4.22. The summed E-state index contributed by atoms with van der Waals surface area (Å²) in [6, 6.07) is 8.12. The third-order valence-electron chi connectivity index (χ3n) is 4.14. The number of methoxy groups -OCH3 is 4. The second kappa shape index (κ2) is 8.61. The number of aryl methyl sites for hydroxylation is 1. The first kappa shape index (κ1) is 18.2. The lowest BCUT2D eigenvalue weighted by Crippen LogP contribution is -2.62. The van der Waals surface area contributed by atoms with E-state index in [9.17, 15) is 0 Å². The van der Waals surface area contributed by atoms with Crippen LogP contribution in [0.1, 0.15) is 5.56 Å². The molecule has 6 nitrogen and oxygen atoms in total. The molecule has 23 heavy (non-hydrogen) atoms. The molecule has 0 unspecified atom stereocenters. The molecule has 130 valence electrons. The molecule has 0 radical (unpaired) electrons. The van der Waals surface area contributed by atoms with Gasteiger partial charge < -0.3 is 29.0 Å². The maximum absolute atomic E-state index is 6.13. The van der Waals surface area contributed by atoms with Crippen molar-refractivity contribution in [2.45, 2.75) is 37.6 Å². The van der Waals surface area contributed by atoms with Gasteiger partial charge in [-0.2, -0.15) is 0 Å². The van der Waals surface area contributed by atoms with E-state index in [0.29, 0.717) is 6.61 Å². The number of hydrogen-bond donors (Lipinski definition) is 1. The van der Waals surface area contributed by atoms with Gasteiger partial charge in [-0.1, -0.05) is 17.7 Å². The van der Waals surface area contributed by atoms with Gasteiger partial charge in [0, 0.05) is 34.1 Å². The number of benzene rings is 1. The second-order valence-corrected chi connectivity index (χ2v) is 5.66. The van der Waals surface area contributed by atoms with E-state index in [1.807, 2.05) is 24.3 Å². The van der Waals surface area contributed by atoms with Crippen molar-refractivity contribution in [3.63, 3.8) is 0 Å². The van der Waals surface area contributed by atoms with Crippen LogP contribution in [0, 0.1) is 6.92 Å². The summed E-state index contributed by atoms with van der Waals surface area (Å²) in [7, 11) is 6.58. The average Bonchev–Trinajstić information content (AvgIpc) is 2.56. The van der Waals surface area contributed by atoms with Gasteiger partial charge in [0.2, 0.25) is 0 Å². The first-order valence-electron chi connectivity index (χ1n) is 7.70. The molecular formula is C17H27NO5. The van der Waals surface area contributed by atoms with Gasteiger partial charge in [0.1, 0.15) is 24.4 Å². The molecule has 0 amide bonds. The van der Waals surface area contributed by atoms with Crippen LogP contribution in [0.25, 0.3) is 0 Å². The van der Waals surface area contributed by atoms with Crippen LogP contribution in [0.4, 0.5) is 5.69 Å². The summed E-state index contributed by atoms with van der Waals surface area (Å²) >= 11 is 0. The summed E-state index contributed by atoms with van der Waals surface area (Å²) in [6.45, 7) is 2.47. The Kier molecular flexibility index (Phi) is 6.80. The number of anilines is 1. The maximum atomic E-state index is 6.13. The van der Waals surface area contributed by atoms with Crippen molar-refractivity contribution in [1.82, 2.24) is 0 Å². The molecule has 1 saturated heterocycles. The highest BCUT2D eigenvalue weighted by Crippen LogP contribution is 2.28. The normalized spacial score (nSPS) is 31.1. The fraction of sp³-hybridized carbons (Fsp3) is 0.647. The van der Waals surface area contributed by atoms with Gasteiger partial charge >= 0.3 is 0 Å². The van der Waals surface area contributed by atoms with E-state index in [1.165, 1.54) is 5.56 Å². The van der Waals surface area contributed by atoms with Crippen molar-refractivity contribution in [1.29, 1.82) is 0 Å². The molecule has 1 aliphatic heterocycles.